The lowest BCUT2D eigenvalue weighted by atomic mass is 10.0. The zero-order valence-electron chi connectivity index (χ0n) is 13.7. The van der Waals surface area contributed by atoms with Crippen LogP contribution in [0.25, 0.3) is 0 Å². The van der Waals surface area contributed by atoms with Crippen molar-refractivity contribution in [2.45, 2.75) is 25.6 Å². The van der Waals surface area contributed by atoms with Crippen LogP contribution in [0.4, 0.5) is 0 Å². The second-order valence-corrected chi connectivity index (χ2v) is 6.17. The number of hydrogen-bond acceptors (Lipinski definition) is 4. The molecule has 0 bridgehead atoms. The van der Waals surface area contributed by atoms with Crippen molar-refractivity contribution in [1.82, 2.24) is 4.90 Å². The van der Waals surface area contributed by atoms with E-state index >= 15 is 0 Å². The number of hydrogen-bond donors (Lipinski definition) is 1. The van der Waals surface area contributed by atoms with Crippen LogP contribution < -0.4 is 0 Å². The van der Waals surface area contributed by atoms with Gasteiger partial charge in [0.2, 0.25) is 0 Å². The molecule has 2 aromatic rings. The van der Waals surface area contributed by atoms with Crippen LogP contribution in [0, 0.1) is 0 Å². The van der Waals surface area contributed by atoms with E-state index in [0.29, 0.717) is 19.6 Å². The lowest BCUT2D eigenvalue weighted by Gasteiger charge is -2.35. The maximum absolute atomic E-state index is 12.5. The SMILES string of the molecule is O=C(C[C@@H]1COCCN1Cc1ccc(CO)cc1)c1ccccc1. The molecule has 3 rings (SSSR count). The second-order valence-electron chi connectivity index (χ2n) is 6.17. The first-order chi connectivity index (χ1) is 11.8. The summed E-state index contributed by atoms with van der Waals surface area (Å²) < 4.78 is 5.60. The Morgan fingerprint density at radius 1 is 1.08 bits per heavy atom. The highest BCUT2D eigenvalue weighted by molar-refractivity contribution is 5.96. The first-order valence-electron chi connectivity index (χ1n) is 8.35. The predicted octanol–water partition coefficient (Wildman–Crippen LogP) is 2.65. The van der Waals surface area contributed by atoms with Crippen molar-refractivity contribution < 1.29 is 14.6 Å². The number of rotatable bonds is 6. The van der Waals surface area contributed by atoms with Crippen LogP contribution in [-0.2, 0) is 17.9 Å². The summed E-state index contributed by atoms with van der Waals surface area (Å²) in [6.07, 6.45) is 0.471. The number of nitrogens with zero attached hydrogens (tertiary/aromatic N) is 1. The molecular weight excluding hydrogens is 302 g/mol. The Morgan fingerprint density at radius 3 is 2.50 bits per heavy atom. The Morgan fingerprint density at radius 2 is 1.79 bits per heavy atom. The maximum Gasteiger partial charge on any atom is 0.164 e. The van der Waals surface area contributed by atoms with Gasteiger partial charge in [-0.05, 0) is 11.1 Å². The van der Waals surface area contributed by atoms with Gasteiger partial charge in [-0.1, -0.05) is 54.6 Å². The molecule has 4 nitrogen and oxygen atoms in total. The normalized spacial score (nSPS) is 18.5. The molecule has 0 radical (unpaired) electrons. The van der Waals surface area contributed by atoms with Gasteiger partial charge in [0.1, 0.15) is 0 Å². The monoisotopic (exact) mass is 325 g/mol. The van der Waals surface area contributed by atoms with E-state index in [9.17, 15) is 4.79 Å². The quantitative estimate of drug-likeness (QED) is 0.830. The summed E-state index contributed by atoms with van der Waals surface area (Å²) >= 11 is 0. The van der Waals surface area contributed by atoms with Crippen LogP contribution in [0.2, 0.25) is 0 Å². The van der Waals surface area contributed by atoms with E-state index in [-0.39, 0.29) is 18.4 Å². The molecule has 1 atom stereocenters. The van der Waals surface area contributed by atoms with Gasteiger partial charge in [-0.2, -0.15) is 0 Å². The molecule has 0 aliphatic carbocycles. The molecule has 0 aromatic heterocycles. The molecule has 0 spiro atoms. The van der Waals surface area contributed by atoms with Crippen LogP contribution in [0.1, 0.15) is 27.9 Å². The number of carbonyl (C=O) groups excluding carboxylic acids is 1. The van der Waals surface area contributed by atoms with Crippen molar-refractivity contribution in [2.24, 2.45) is 0 Å². The maximum atomic E-state index is 12.5. The molecule has 126 valence electrons. The molecule has 24 heavy (non-hydrogen) atoms. The minimum Gasteiger partial charge on any atom is -0.392 e. The summed E-state index contributed by atoms with van der Waals surface area (Å²) in [4.78, 5) is 14.8. The zero-order chi connectivity index (χ0) is 16.8. The summed E-state index contributed by atoms with van der Waals surface area (Å²) in [5.41, 5.74) is 2.86. The van der Waals surface area contributed by atoms with E-state index in [0.717, 1.165) is 24.2 Å². The van der Waals surface area contributed by atoms with Gasteiger partial charge in [-0.25, -0.2) is 0 Å². The lowest BCUT2D eigenvalue weighted by Crippen LogP contribution is -2.45. The Balaban J connectivity index is 1.65. The molecular formula is C20H23NO3. The fraction of sp³-hybridized carbons (Fsp3) is 0.350. The van der Waals surface area contributed by atoms with Gasteiger partial charge in [0.15, 0.2) is 5.78 Å². The minimum absolute atomic E-state index is 0.0615. The Kier molecular flexibility index (Phi) is 5.75. The van der Waals surface area contributed by atoms with Gasteiger partial charge in [-0.3, -0.25) is 9.69 Å². The van der Waals surface area contributed by atoms with E-state index in [4.69, 9.17) is 9.84 Å². The molecule has 0 saturated carbocycles. The number of Topliss-reactive ketones (excluding diaryl/α,β-unsaturated/α-hetero) is 1. The lowest BCUT2D eigenvalue weighted by molar-refractivity contribution is -0.0126. The summed E-state index contributed by atoms with van der Waals surface area (Å²) in [5.74, 6) is 0.159. The molecule has 4 heteroatoms. The molecule has 1 heterocycles. The second kappa shape index (κ2) is 8.20. The zero-order valence-corrected chi connectivity index (χ0v) is 13.7. The smallest absolute Gasteiger partial charge is 0.164 e. The Bertz CT molecular complexity index is 654. The third-order valence-corrected chi connectivity index (χ3v) is 4.46. The van der Waals surface area contributed by atoms with Crippen molar-refractivity contribution in [1.29, 1.82) is 0 Å². The number of benzene rings is 2. The van der Waals surface area contributed by atoms with Gasteiger partial charge in [0.25, 0.3) is 0 Å². The highest BCUT2D eigenvalue weighted by Crippen LogP contribution is 2.18. The van der Waals surface area contributed by atoms with Crippen molar-refractivity contribution >= 4 is 5.78 Å². The van der Waals surface area contributed by atoms with Crippen LogP contribution in [-0.4, -0.2) is 41.6 Å². The van der Waals surface area contributed by atoms with Gasteiger partial charge < -0.3 is 9.84 Å². The van der Waals surface area contributed by atoms with Crippen LogP contribution in [0.5, 0.6) is 0 Å². The third kappa shape index (κ3) is 4.29. The van der Waals surface area contributed by atoms with Crippen molar-refractivity contribution in [3.8, 4) is 0 Å². The third-order valence-electron chi connectivity index (χ3n) is 4.46. The number of carbonyl (C=O) groups is 1. The standard InChI is InChI=1S/C20H23NO3/c22-14-17-8-6-16(7-9-17)13-21-10-11-24-15-19(21)12-20(23)18-4-2-1-3-5-18/h1-9,19,22H,10-15H2/t19-/m1/s1. The number of aliphatic hydroxyl groups excluding tert-OH is 1. The summed E-state index contributed by atoms with van der Waals surface area (Å²) in [7, 11) is 0. The minimum atomic E-state index is 0.0615. The molecule has 0 unspecified atom stereocenters. The molecule has 1 aliphatic heterocycles. The largest absolute Gasteiger partial charge is 0.392 e. The molecule has 1 fully saturated rings. The van der Waals surface area contributed by atoms with Crippen molar-refractivity contribution in [3.63, 3.8) is 0 Å². The van der Waals surface area contributed by atoms with Gasteiger partial charge in [0.05, 0.1) is 19.8 Å². The number of ether oxygens (including phenoxy) is 1. The topological polar surface area (TPSA) is 49.8 Å². The number of morpholine rings is 1. The van der Waals surface area contributed by atoms with Gasteiger partial charge in [-0.15, -0.1) is 0 Å². The van der Waals surface area contributed by atoms with Gasteiger partial charge >= 0.3 is 0 Å². The van der Waals surface area contributed by atoms with E-state index < -0.39 is 0 Å². The number of ketones is 1. The van der Waals surface area contributed by atoms with Crippen LogP contribution >= 0.6 is 0 Å². The molecule has 1 aliphatic rings. The van der Waals surface area contributed by atoms with Gasteiger partial charge in [0, 0.05) is 31.1 Å². The predicted molar refractivity (Wildman–Crippen MR) is 92.8 cm³/mol. The Labute approximate surface area is 142 Å². The molecule has 0 amide bonds. The average molecular weight is 325 g/mol. The molecule has 1 N–H and O–H groups in total. The van der Waals surface area contributed by atoms with E-state index in [1.54, 1.807) is 0 Å². The number of aliphatic hydroxyl groups is 1. The van der Waals surface area contributed by atoms with Crippen molar-refractivity contribution in [3.05, 3.63) is 71.3 Å². The van der Waals surface area contributed by atoms with Crippen molar-refractivity contribution in [2.75, 3.05) is 19.8 Å². The first kappa shape index (κ1) is 16.8. The molecule has 2 aromatic carbocycles. The van der Waals surface area contributed by atoms with Crippen LogP contribution in [0.15, 0.2) is 54.6 Å². The molecule has 1 saturated heterocycles. The average Bonchev–Trinajstić information content (AvgIpc) is 2.64. The van der Waals surface area contributed by atoms with Crippen LogP contribution in [0.3, 0.4) is 0 Å². The Hall–Kier alpha value is -2.01. The van der Waals surface area contributed by atoms with E-state index in [1.807, 2.05) is 54.6 Å². The first-order valence-corrected chi connectivity index (χ1v) is 8.35. The summed E-state index contributed by atoms with van der Waals surface area (Å²) in [6, 6.07) is 17.5. The fourth-order valence-electron chi connectivity index (χ4n) is 3.03. The van der Waals surface area contributed by atoms with E-state index in [2.05, 4.69) is 4.90 Å². The fourth-order valence-corrected chi connectivity index (χ4v) is 3.03. The summed E-state index contributed by atoms with van der Waals surface area (Å²) in [6.45, 7) is 2.97. The highest BCUT2D eigenvalue weighted by atomic mass is 16.5. The summed E-state index contributed by atoms with van der Waals surface area (Å²) in [5, 5.41) is 9.13. The highest BCUT2D eigenvalue weighted by Gasteiger charge is 2.25. The van der Waals surface area contributed by atoms with E-state index in [1.165, 1.54) is 5.56 Å².